The molecule has 0 aliphatic carbocycles. The van der Waals surface area contributed by atoms with Gasteiger partial charge in [0.15, 0.2) is 17.2 Å². The Morgan fingerprint density at radius 1 is 1.42 bits per heavy atom. The van der Waals surface area contributed by atoms with E-state index in [-0.39, 0.29) is 0 Å². The van der Waals surface area contributed by atoms with Crippen molar-refractivity contribution in [2.75, 3.05) is 6.61 Å². The maximum absolute atomic E-state index is 10.7. The summed E-state index contributed by atoms with van der Waals surface area (Å²) in [4.78, 5) is 21.3. The van der Waals surface area contributed by atoms with Crippen molar-refractivity contribution in [3.63, 3.8) is 0 Å². The molecule has 0 aromatic rings. The Kier molecular flexibility index (Phi) is 3.51. The predicted octanol–water partition coefficient (Wildman–Crippen LogP) is -1.75. The third-order valence-corrected chi connectivity index (χ3v) is 1.69. The smallest absolute Gasteiger partial charge is 0.178 e. The summed E-state index contributed by atoms with van der Waals surface area (Å²) < 4.78 is 0. The molecule has 0 radical (unpaired) electrons. The standard InChI is InChI=1S/C7H12O5/c1-4(9)6(11)7(12,3-8)5(2)10/h6,8,11-12H,3H2,1-2H3. The molecule has 5 heteroatoms. The summed E-state index contributed by atoms with van der Waals surface area (Å²) >= 11 is 0. The highest BCUT2D eigenvalue weighted by atomic mass is 16.4. The number of aliphatic hydroxyl groups excluding tert-OH is 2. The van der Waals surface area contributed by atoms with Gasteiger partial charge in [0.05, 0.1) is 6.61 Å². The van der Waals surface area contributed by atoms with Crippen molar-refractivity contribution in [3.05, 3.63) is 0 Å². The third-order valence-electron chi connectivity index (χ3n) is 1.69. The van der Waals surface area contributed by atoms with Gasteiger partial charge < -0.3 is 15.3 Å². The van der Waals surface area contributed by atoms with Crippen molar-refractivity contribution < 1.29 is 24.9 Å². The number of carbonyl (C=O) groups is 2. The molecule has 5 nitrogen and oxygen atoms in total. The van der Waals surface area contributed by atoms with Crippen LogP contribution >= 0.6 is 0 Å². The second-order valence-electron chi connectivity index (χ2n) is 2.65. The van der Waals surface area contributed by atoms with Crippen LogP contribution in [0, 0.1) is 0 Å². The van der Waals surface area contributed by atoms with Crippen molar-refractivity contribution in [1.82, 2.24) is 0 Å². The first-order valence-electron chi connectivity index (χ1n) is 3.39. The van der Waals surface area contributed by atoms with E-state index < -0.39 is 29.9 Å². The van der Waals surface area contributed by atoms with Crippen LogP contribution in [0.2, 0.25) is 0 Å². The molecule has 12 heavy (non-hydrogen) atoms. The van der Waals surface area contributed by atoms with Gasteiger partial charge in [-0.3, -0.25) is 9.59 Å². The molecule has 3 N–H and O–H groups in total. The summed E-state index contributed by atoms with van der Waals surface area (Å²) in [6, 6.07) is 0. The summed E-state index contributed by atoms with van der Waals surface area (Å²) in [7, 11) is 0. The number of ketones is 2. The molecule has 70 valence electrons. The van der Waals surface area contributed by atoms with Gasteiger partial charge in [0.2, 0.25) is 0 Å². The first-order valence-corrected chi connectivity index (χ1v) is 3.39. The van der Waals surface area contributed by atoms with E-state index >= 15 is 0 Å². The van der Waals surface area contributed by atoms with Crippen molar-refractivity contribution in [2.45, 2.75) is 25.6 Å². The maximum atomic E-state index is 10.7. The fourth-order valence-corrected chi connectivity index (χ4v) is 0.727. The summed E-state index contributed by atoms with van der Waals surface area (Å²) in [6.07, 6.45) is -1.86. The monoisotopic (exact) mass is 176 g/mol. The Morgan fingerprint density at radius 2 is 1.83 bits per heavy atom. The summed E-state index contributed by atoms with van der Waals surface area (Å²) in [5, 5.41) is 26.9. The van der Waals surface area contributed by atoms with Gasteiger partial charge in [-0.1, -0.05) is 0 Å². The highest BCUT2D eigenvalue weighted by Gasteiger charge is 2.42. The topological polar surface area (TPSA) is 94.8 Å². The van der Waals surface area contributed by atoms with Crippen molar-refractivity contribution >= 4 is 11.6 Å². The van der Waals surface area contributed by atoms with Gasteiger partial charge >= 0.3 is 0 Å². The van der Waals surface area contributed by atoms with E-state index in [0.717, 1.165) is 13.8 Å². The van der Waals surface area contributed by atoms with Crippen LogP contribution in [0.25, 0.3) is 0 Å². The summed E-state index contributed by atoms with van der Waals surface area (Å²) in [6.45, 7) is 1.04. The average Bonchev–Trinajstić information content (AvgIpc) is 2.01. The second kappa shape index (κ2) is 3.75. The number of rotatable bonds is 4. The molecule has 0 bridgehead atoms. The lowest BCUT2D eigenvalue weighted by molar-refractivity contribution is -0.163. The molecule has 0 amide bonds. The van der Waals surface area contributed by atoms with Gasteiger partial charge in [-0.15, -0.1) is 0 Å². The van der Waals surface area contributed by atoms with E-state index in [0.29, 0.717) is 0 Å². The fourth-order valence-electron chi connectivity index (χ4n) is 0.727. The van der Waals surface area contributed by atoms with Crippen LogP contribution in [-0.4, -0.2) is 45.2 Å². The molecule has 0 spiro atoms. The molecule has 0 saturated heterocycles. The zero-order valence-corrected chi connectivity index (χ0v) is 6.94. The van der Waals surface area contributed by atoms with Gasteiger partial charge in [0.1, 0.15) is 6.10 Å². The van der Waals surface area contributed by atoms with E-state index in [4.69, 9.17) is 10.2 Å². The maximum Gasteiger partial charge on any atom is 0.178 e. The Balaban J connectivity index is 4.75. The highest BCUT2D eigenvalue weighted by Crippen LogP contribution is 2.12. The van der Waals surface area contributed by atoms with Crippen molar-refractivity contribution in [2.24, 2.45) is 0 Å². The quantitative estimate of drug-likeness (QED) is 0.472. The number of hydrogen-bond donors (Lipinski definition) is 3. The van der Waals surface area contributed by atoms with Crippen LogP contribution in [0.5, 0.6) is 0 Å². The predicted molar refractivity (Wildman–Crippen MR) is 39.4 cm³/mol. The minimum atomic E-state index is -2.36. The molecule has 2 atom stereocenters. The van der Waals surface area contributed by atoms with E-state index in [2.05, 4.69) is 0 Å². The molecule has 0 aliphatic heterocycles. The molecule has 0 aromatic carbocycles. The Hall–Kier alpha value is -0.780. The fraction of sp³-hybridized carbons (Fsp3) is 0.714. The normalized spacial score (nSPS) is 18.1. The summed E-state index contributed by atoms with van der Waals surface area (Å²) in [5.74, 6) is -1.60. The van der Waals surface area contributed by atoms with Crippen molar-refractivity contribution in [1.29, 1.82) is 0 Å². The van der Waals surface area contributed by atoms with Crippen molar-refractivity contribution in [3.8, 4) is 0 Å². The molecule has 0 aromatic heterocycles. The Morgan fingerprint density at radius 3 is 1.92 bits per heavy atom. The lowest BCUT2D eigenvalue weighted by Gasteiger charge is -2.26. The summed E-state index contributed by atoms with van der Waals surface area (Å²) in [5.41, 5.74) is -2.36. The van der Waals surface area contributed by atoms with Crippen LogP contribution in [0.1, 0.15) is 13.8 Å². The molecule has 0 rings (SSSR count). The lowest BCUT2D eigenvalue weighted by Crippen LogP contribution is -2.54. The largest absolute Gasteiger partial charge is 0.393 e. The lowest BCUT2D eigenvalue weighted by atomic mass is 9.91. The van der Waals surface area contributed by atoms with E-state index in [9.17, 15) is 14.7 Å². The molecule has 0 heterocycles. The van der Waals surface area contributed by atoms with E-state index in [1.54, 1.807) is 0 Å². The van der Waals surface area contributed by atoms with Crippen LogP contribution in [-0.2, 0) is 9.59 Å². The van der Waals surface area contributed by atoms with E-state index in [1.165, 1.54) is 0 Å². The van der Waals surface area contributed by atoms with E-state index in [1.807, 2.05) is 0 Å². The van der Waals surface area contributed by atoms with Crippen LogP contribution in [0.3, 0.4) is 0 Å². The SMILES string of the molecule is CC(=O)C(O)C(O)(CO)C(C)=O. The molecule has 2 unspecified atom stereocenters. The molecule has 0 saturated carbocycles. The van der Waals surface area contributed by atoms with Gasteiger partial charge in [-0.2, -0.15) is 0 Å². The average molecular weight is 176 g/mol. The number of carbonyl (C=O) groups excluding carboxylic acids is 2. The van der Waals surface area contributed by atoms with Crippen LogP contribution in [0.15, 0.2) is 0 Å². The Bertz CT molecular complexity index is 200. The number of Topliss-reactive ketones (excluding diaryl/α,β-unsaturated/α-hetero) is 2. The number of hydrogen-bond acceptors (Lipinski definition) is 5. The molecule has 0 aliphatic rings. The molecule has 0 fully saturated rings. The molecular formula is C7H12O5. The number of aliphatic hydroxyl groups is 3. The second-order valence-corrected chi connectivity index (χ2v) is 2.65. The van der Waals surface area contributed by atoms with Crippen LogP contribution < -0.4 is 0 Å². The Labute approximate surface area is 69.6 Å². The van der Waals surface area contributed by atoms with Gasteiger partial charge in [-0.05, 0) is 13.8 Å². The first kappa shape index (κ1) is 11.2. The highest BCUT2D eigenvalue weighted by molar-refractivity contribution is 5.94. The van der Waals surface area contributed by atoms with Gasteiger partial charge in [-0.25, -0.2) is 0 Å². The minimum Gasteiger partial charge on any atom is -0.393 e. The van der Waals surface area contributed by atoms with Gasteiger partial charge in [0.25, 0.3) is 0 Å². The van der Waals surface area contributed by atoms with Crippen LogP contribution in [0.4, 0.5) is 0 Å². The molecular weight excluding hydrogens is 164 g/mol. The van der Waals surface area contributed by atoms with Gasteiger partial charge in [0, 0.05) is 0 Å². The zero-order valence-electron chi connectivity index (χ0n) is 6.94. The first-order chi connectivity index (χ1) is 5.36. The zero-order chi connectivity index (χ0) is 9.94. The minimum absolute atomic E-state index is 0.762. The third kappa shape index (κ3) is 1.88.